The summed E-state index contributed by atoms with van der Waals surface area (Å²) in [6.45, 7) is 9.17. The van der Waals surface area contributed by atoms with Gasteiger partial charge in [0.15, 0.2) is 0 Å². The van der Waals surface area contributed by atoms with Crippen molar-refractivity contribution in [2.45, 2.75) is 43.9 Å². The molecule has 3 aliphatic heterocycles. The zero-order chi connectivity index (χ0) is 17.1. The number of pyridine rings is 1. The topological polar surface area (TPSA) is 31.8 Å². The summed E-state index contributed by atoms with van der Waals surface area (Å²) in [6.07, 6.45) is 9.20. The first-order chi connectivity index (χ1) is 12.2. The van der Waals surface area contributed by atoms with Gasteiger partial charge in [-0.15, -0.1) is 0 Å². The van der Waals surface area contributed by atoms with Crippen LogP contribution in [-0.2, 0) is 11.3 Å². The zero-order valence-corrected chi connectivity index (χ0v) is 15.6. The van der Waals surface area contributed by atoms with Gasteiger partial charge in [-0.1, -0.05) is 0 Å². The van der Waals surface area contributed by atoms with E-state index in [1.165, 1.54) is 57.4 Å². The molecule has 1 spiro atoms. The quantitative estimate of drug-likeness (QED) is 0.832. The van der Waals surface area contributed by atoms with Crippen molar-refractivity contribution >= 4 is 0 Å². The lowest BCUT2D eigenvalue weighted by atomic mass is 9.90. The lowest BCUT2D eigenvalue weighted by molar-refractivity contribution is -0.130. The van der Waals surface area contributed by atoms with Crippen LogP contribution in [0.1, 0.15) is 31.2 Å². The smallest absolute Gasteiger partial charge is 0.0825 e. The van der Waals surface area contributed by atoms with E-state index < -0.39 is 0 Å². The van der Waals surface area contributed by atoms with Crippen LogP contribution in [0.3, 0.4) is 0 Å². The third kappa shape index (κ3) is 4.40. The van der Waals surface area contributed by atoms with Crippen molar-refractivity contribution in [3.05, 3.63) is 30.1 Å². The first kappa shape index (κ1) is 17.4. The van der Waals surface area contributed by atoms with Gasteiger partial charge in [-0.2, -0.15) is 0 Å². The van der Waals surface area contributed by atoms with E-state index in [1.54, 1.807) is 0 Å². The van der Waals surface area contributed by atoms with Gasteiger partial charge >= 0.3 is 0 Å². The van der Waals surface area contributed by atoms with Crippen LogP contribution in [0, 0.1) is 0 Å². The third-order valence-corrected chi connectivity index (χ3v) is 6.18. The molecule has 4 heterocycles. The van der Waals surface area contributed by atoms with Gasteiger partial charge < -0.3 is 9.64 Å². The maximum atomic E-state index is 6.72. The molecule has 4 rings (SSSR count). The third-order valence-electron chi connectivity index (χ3n) is 6.18. The normalized spacial score (nSPS) is 32.4. The zero-order valence-electron chi connectivity index (χ0n) is 15.6. The summed E-state index contributed by atoms with van der Waals surface area (Å²) in [7, 11) is 2.22. The van der Waals surface area contributed by atoms with Crippen molar-refractivity contribution in [1.29, 1.82) is 0 Å². The van der Waals surface area contributed by atoms with E-state index >= 15 is 0 Å². The Balaban J connectivity index is 1.30. The molecule has 2 atom stereocenters. The molecule has 0 N–H and O–H groups in total. The van der Waals surface area contributed by atoms with Gasteiger partial charge in [0, 0.05) is 64.8 Å². The van der Waals surface area contributed by atoms with Crippen LogP contribution < -0.4 is 0 Å². The highest BCUT2D eigenvalue weighted by Crippen LogP contribution is 2.37. The number of likely N-dealkylation sites (tertiary alicyclic amines) is 1. The molecule has 1 aromatic rings. The van der Waals surface area contributed by atoms with Crippen LogP contribution in [0.15, 0.2) is 24.5 Å². The van der Waals surface area contributed by atoms with Crippen LogP contribution in [0.5, 0.6) is 0 Å². The maximum absolute atomic E-state index is 6.72. The second kappa shape index (κ2) is 7.70. The number of rotatable bonds is 4. The Bertz CT molecular complexity index is 546. The van der Waals surface area contributed by atoms with Gasteiger partial charge in [0.1, 0.15) is 0 Å². The highest BCUT2D eigenvalue weighted by atomic mass is 16.5. The van der Waals surface area contributed by atoms with Crippen LogP contribution in [0.4, 0.5) is 0 Å². The van der Waals surface area contributed by atoms with E-state index in [0.29, 0.717) is 6.10 Å². The largest absolute Gasteiger partial charge is 0.369 e. The van der Waals surface area contributed by atoms with E-state index in [-0.39, 0.29) is 5.60 Å². The van der Waals surface area contributed by atoms with Crippen molar-refractivity contribution in [2.24, 2.45) is 0 Å². The van der Waals surface area contributed by atoms with Gasteiger partial charge in [0.25, 0.3) is 0 Å². The Kier molecular flexibility index (Phi) is 5.36. The van der Waals surface area contributed by atoms with Gasteiger partial charge in [0.05, 0.1) is 11.7 Å². The summed E-state index contributed by atoms with van der Waals surface area (Å²) < 4.78 is 6.72. The monoisotopic (exact) mass is 344 g/mol. The predicted octanol–water partition coefficient (Wildman–Crippen LogP) is 1.84. The number of likely N-dealkylation sites (N-methyl/N-ethyl adjacent to an activating group) is 1. The molecule has 3 fully saturated rings. The van der Waals surface area contributed by atoms with Gasteiger partial charge in [-0.05, 0) is 50.4 Å². The molecule has 3 saturated heterocycles. The minimum absolute atomic E-state index is 0.114. The van der Waals surface area contributed by atoms with Crippen LogP contribution in [0.2, 0.25) is 0 Å². The number of nitrogens with zero attached hydrogens (tertiary/aromatic N) is 4. The minimum atomic E-state index is 0.114. The maximum Gasteiger partial charge on any atom is 0.0825 e. The van der Waals surface area contributed by atoms with E-state index in [2.05, 4.69) is 38.9 Å². The van der Waals surface area contributed by atoms with Gasteiger partial charge in [-0.3, -0.25) is 14.8 Å². The molecule has 138 valence electrons. The lowest BCUT2D eigenvalue weighted by Crippen LogP contribution is -2.51. The molecule has 1 aromatic heterocycles. The van der Waals surface area contributed by atoms with E-state index in [4.69, 9.17) is 4.74 Å². The number of hydrogen-bond donors (Lipinski definition) is 0. The van der Waals surface area contributed by atoms with E-state index in [9.17, 15) is 0 Å². The fourth-order valence-electron chi connectivity index (χ4n) is 4.68. The van der Waals surface area contributed by atoms with Crippen molar-refractivity contribution in [3.63, 3.8) is 0 Å². The Labute approximate surface area is 152 Å². The summed E-state index contributed by atoms with van der Waals surface area (Å²) in [5.41, 5.74) is 1.47. The van der Waals surface area contributed by atoms with E-state index in [0.717, 1.165) is 26.2 Å². The van der Waals surface area contributed by atoms with E-state index in [1.807, 2.05) is 12.4 Å². The van der Waals surface area contributed by atoms with Crippen molar-refractivity contribution in [2.75, 3.05) is 52.9 Å². The first-order valence-corrected chi connectivity index (χ1v) is 9.91. The number of ether oxygens (including phenoxy) is 1. The molecule has 5 heteroatoms. The molecule has 0 bridgehead atoms. The molecule has 0 aliphatic carbocycles. The second-order valence-corrected chi connectivity index (χ2v) is 8.24. The highest BCUT2D eigenvalue weighted by molar-refractivity contribution is 5.10. The standard InChI is InChI=1S/C20H32N4O/c1-22-11-13-23(14-12-22)16-19-3-2-6-20(25-19)7-10-24(17-20)15-18-4-8-21-9-5-18/h4-5,8-9,19H,2-3,6-7,10-17H2,1H3/t19-,20-/m0/s1. The average molecular weight is 345 g/mol. The molecular weight excluding hydrogens is 312 g/mol. The Hall–Kier alpha value is -1.01. The predicted molar refractivity (Wildman–Crippen MR) is 99.5 cm³/mol. The average Bonchev–Trinajstić information content (AvgIpc) is 3.00. The van der Waals surface area contributed by atoms with Crippen LogP contribution in [-0.4, -0.2) is 84.2 Å². The van der Waals surface area contributed by atoms with Crippen LogP contribution >= 0.6 is 0 Å². The summed E-state index contributed by atoms with van der Waals surface area (Å²) in [5, 5.41) is 0. The molecule has 3 aliphatic rings. The minimum Gasteiger partial charge on any atom is -0.369 e. The molecule has 5 nitrogen and oxygen atoms in total. The molecule has 25 heavy (non-hydrogen) atoms. The molecule has 0 radical (unpaired) electrons. The highest BCUT2D eigenvalue weighted by Gasteiger charge is 2.43. The van der Waals surface area contributed by atoms with Crippen molar-refractivity contribution in [1.82, 2.24) is 19.7 Å². The number of hydrogen-bond acceptors (Lipinski definition) is 5. The summed E-state index contributed by atoms with van der Waals surface area (Å²) in [6, 6.07) is 4.26. The Morgan fingerprint density at radius 2 is 1.88 bits per heavy atom. The van der Waals surface area contributed by atoms with Crippen molar-refractivity contribution < 1.29 is 4.74 Å². The summed E-state index contributed by atoms with van der Waals surface area (Å²) >= 11 is 0. The molecule has 0 amide bonds. The Morgan fingerprint density at radius 1 is 1.08 bits per heavy atom. The molecule has 0 saturated carbocycles. The fraction of sp³-hybridized carbons (Fsp3) is 0.750. The second-order valence-electron chi connectivity index (χ2n) is 8.24. The fourth-order valence-corrected chi connectivity index (χ4v) is 4.68. The number of piperazine rings is 1. The Morgan fingerprint density at radius 3 is 2.68 bits per heavy atom. The first-order valence-electron chi connectivity index (χ1n) is 9.91. The van der Waals surface area contributed by atoms with Crippen molar-refractivity contribution in [3.8, 4) is 0 Å². The molecule has 0 aromatic carbocycles. The SMILES string of the molecule is CN1CCN(C[C@@H]2CCC[C@@]3(CCN(Cc4ccncc4)C3)O2)CC1. The molecular formula is C20H32N4O. The number of aromatic nitrogens is 1. The van der Waals surface area contributed by atoms with Gasteiger partial charge in [-0.25, -0.2) is 0 Å². The molecule has 0 unspecified atom stereocenters. The lowest BCUT2D eigenvalue weighted by Gasteiger charge is -2.42. The summed E-state index contributed by atoms with van der Waals surface area (Å²) in [4.78, 5) is 11.7. The van der Waals surface area contributed by atoms with Gasteiger partial charge in [0.2, 0.25) is 0 Å². The van der Waals surface area contributed by atoms with Crippen LogP contribution in [0.25, 0.3) is 0 Å². The summed E-state index contributed by atoms with van der Waals surface area (Å²) in [5.74, 6) is 0.